The smallest absolute Gasteiger partial charge is 0.410 e. The fourth-order valence-electron chi connectivity index (χ4n) is 2.98. The summed E-state index contributed by atoms with van der Waals surface area (Å²) in [6.45, 7) is 5.99. The molecule has 0 spiro atoms. The first-order chi connectivity index (χ1) is 12.2. The second kappa shape index (κ2) is 7.42. The van der Waals surface area contributed by atoms with E-state index in [-0.39, 0.29) is 5.91 Å². The van der Waals surface area contributed by atoms with Crippen LogP contribution in [0.3, 0.4) is 0 Å². The predicted molar refractivity (Wildman–Crippen MR) is 107 cm³/mol. The maximum Gasteiger partial charge on any atom is 0.410 e. The number of rotatable bonds is 2. The molecule has 1 N–H and O–H groups in total. The van der Waals surface area contributed by atoms with Crippen LogP contribution in [0.1, 0.15) is 40.0 Å². The zero-order valence-corrected chi connectivity index (χ0v) is 17.3. The number of anilines is 1. The average molecular weight is 470 g/mol. The Kier molecular flexibility index (Phi) is 5.40. The molecule has 0 aromatic carbocycles. The highest BCUT2D eigenvalue weighted by Crippen LogP contribution is 2.22. The molecule has 7 nitrogen and oxygen atoms in total. The SMILES string of the molecule is CC(C)(C)OC(=O)N1CCCCC1C(=O)Nc1cn2cc(I)ccc2n1. The number of fused-ring (bicyclic) bond motifs is 1. The Labute approximate surface area is 166 Å². The van der Waals surface area contributed by atoms with Gasteiger partial charge in [0.05, 0.1) is 6.20 Å². The summed E-state index contributed by atoms with van der Waals surface area (Å²) in [5.41, 5.74) is 0.169. The third kappa shape index (κ3) is 4.46. The summed E-state index contributed by atoms with van der Waals surface area (Å²) in [7, 11) is 0. The zero-order valence-electron chi connectivity index (χ0n) is 15.2. The highest BCUT2D eigenvalue weighted by Gasteiger charge is 2.35. The van der Waals surface area contributed by atoms with E-state index in [0.29, 0.717) is 18.8 Å². The molecule has 3 heterocycles. The van der Waals surface area contributed by atoms with Gasteiger partial charge in [0.15, 0.2) is 5.82 Å². The number of ether oxygens (including phenoxy) is 1. The molecular weight excluding hydrogens is 447 g/mol. The summed E-state index contributed by atoms with van der Waals surface area (Å²) in [5.74, 6) is 0.250. The summed E-state index contributed by atoms with van der Waals surface area (Å²) in [4.78, 5) is 31.2. The minimum absolute atomic E-state index is 0.228. The van der Waals surface area contributed by atoms with Crippen molar-refractivity contribution in [3.05, 3.63) is 28.1 Å². The lowest BCUT2D eigenvalue weighted by molar-refractivity contribution is -0.122. The number of carbonyl (C=O) groups excluding carboxylic acids is 2. The zero-order chi connectivity index (χ0) is 18.9. The summed E-state index contributed by atoms with van der Waals surface area (Å²) in [6, 6.07) is 3.31. The largest absolute Gasteiger partial charge is 0.444 e. The normalized spacial score (nSPS) is 18.0. The fourth-order valence-corrected chi connectivity index (χ4v) is 3.46. The Morgan fingerprint density at radius 1 is 1.27 bits per heavy atom. The van der Waals surface area contributed by atoms with Crippen molar-refractivity contribution in [3.63, 3.8) is 0 Å². The van der Waals surface area contributed by atoms with Gasteiger partial charge in [0.25, 0.3) is 0 Å². The van der Waals surface area contributed by atoms with E-state index in [0.717, 1.165) is 22.1 Å². The molecule has 2 aromatic rings. The maximum absolute atomic E-state index is 12.8. The Hall–Kier alpha value is -1.84. The standard InChI is InChI=1S/C18H23IN4O3/c1-18(2,3)26-17(25)23-9-5-4-6-13(23)16(24)21-14-11-22-10-12(19)7-8-15(22)20-14/h7-8,10-11,13H,4-6,9H2,1-3H3,(H,21,24). The molecule has 140 valence electrons. The molecule has 1 aliphatic heterocycles. The van der Waals surface area contributed by atoms with Crippen molar-refractivity contribution in [2.45, 2.75) is 51.7 Å². The van der Waals surface area contributed by atoms with Gasteiger partial charge in [-0.15, -0.1) is 0 Å². The van der Waals surface area contributed by atoms with Crippen molar-refractivity contribution in [1.82, 2.24) is 14.3 Å². The second-order valence-corrected chi connectivity index (χ2v) is 8.66. The average Bonchev–Trinajstić information content (AvgIpc) is 2.94. The molecule has 1 unspecified atom stereocenters. The Bertz CT molecular complexity index is 827. The van der Waals surface area contributed by atoms with E-state index in [4.69, 9.17) is 4.74 Å². The van der Waals surface area contributed by atoms with Gasteiger partial charge in [0, 0.05) is 16.3 Å². The number of halogens is 1. The van der Waals surface area contributed by atoms with E-state index in [1.54, 1.807) is 6.20 Å². The first-order valence-electron chi connectivity index (χ1n) is 8.68. The van der Waals surface area contributed by atoms with E-state index in [1.165, 1.54) is 4.90 Å². The lowest BCUT2D eigenvalue weighted by Gasteiger charge is -2.35. The van der Waals surface area contributed by atoms with Gasteiger partial charge in [-0.3, -0.25) is 9.69 Å². The molecule has 8 heteroatoms. The number of hydrogen-bond donors (Lipinski definition) is 1. The first-order valence-corrected chi connectivity index (χ1v) is 9.75. The van der Waals surface area contributed by atoms with Crippen LogP contribution >= 0.6 is 22.6 Å². The predicted octanol–water partition coefficient (Wildman–Crippen LogP) is 3.67. The molecule has 1 atom stereocenters. The number of piperidine rings is 1. The van der Waals surface area contributed by atoms with Gasteiger partial charge >= 0.3 is 6.09 Å². The summed E-state index contributed by atoms with van der Waals surface area (Å²) in [6.07, 6.45) is 5.66. The van der Waals surface area contributed by atoms with Gasteiger partial charge in [-0.05, 0) is 74.8 Å². The van der Waals surface area contributed by atoms with Gasteiger partial charge in [0.1, 0.15) is 17.3 Å². The van der Waals surface area contributed by atoms with Gasteiger partial charge in [-0.1, -0.05) is 0 Å². The maximum atomic E-state index is 12.8. The number of carbonyl (C=O) groups is 2. The number of aromatic nitrogens is 2. The lowest BCUT2D eigenvalue weighted by atomic mass is 10.0. The van der Waals surface area contributed by atoms with E-state index >= 15 is 0 Å². The second-order valence-electron chi connectivity index (χ2n) is 7.41. The molecule has 3 rings (SSSR count). The van der Waals surface area contributed by atoms with Crippen molar-refractivity contribution in [2.75, 3.05) is 11.9 Å². The minimum Gasteiger partial charge on any atom is -0.444 e. The number of nitrogens with zero attached hydrogens (tertiary/aromatic N) is 3. The molecule has 0 bridgehead atoms. The summed E-state index contributed by atoms with van der Waals surface area (Å²) in [5, 5.41) is 2.85. The summed E-state index contributed by atoms with van der Waals surface area (Å²) < 4.78 is 8.40. The van der Waals surface area contributed by atoms with Crippen LogP contribution in [-0.2, 0) is 9.53 Å². The van der Waals surface area contributed by atoms with E-state index in [9.17, 15) is 9.59 Å². The van der Waals surface area contributed by atoms with E-state index in [1.807, 2.05) is 43.5 Å². The molecule has 2 amide bonds. The Balaban J connectivity index is 1.74. The Morgan fingerprint density at radius 2 is 2.04 bits per heavy atom. The summed E-state index contributed by atoms with van der Waals surface area (Å²) >= 11 is 2.22. The highest BCUT2D eigenvalue weighted by molar-refractivity contribution is 14.1. The van der Waals surface area contributed by atoms with Crippen molar-refractivity contribution >= 4 is 46.1 Å². The minimum atomic E-state index is -0.589. The topological polar surface area (TPSA) is 75.9 Å². The molecule has 0 radical (unpaired) electrons. The van der Waals surface area contributed by atoms with Crippen molar-refractivity contribution < 1.29 is 14.3 Å². The van der Waals surface area contributed by atoms with Gasteiger partial charge < -0.3 is 14.5 Å². The molecule has 26 heavy (non-hydrogen) atoms. The van der Waals surface area contributed by atoms with Gasteiger partial charge in [-0.2, -0.15) is 0 Å². The number of amides is 2. The molecule has 1 aliphatic rings. The van der Waals surface area contributed by atoms with Crippen LogP contribution in [0, 0.1) is 3.57 Å². The van der Waals surface area contributed by atoms with Crippen molar-refractivity contribution in [2.24, 2.45) is 0 Å². The number of hydrogen-bond acceptors (Lipinski definition) is 4. The van der Waals surface area contributed by atoms with Crippen LogP contribution in [0.25, 0.3) is 5.65 Å². The van der Waals surface area contributed by atoms with Crippen LogP contribution in [0.5, 0.6) is 0 Å². The molecule has 1 fully saturated rings. The molecule has 0 aliphatic carbocycles. The quantitative estimate of drug-likeness (QED) is 0.680. The fraction of sp³-hybridized carbons (Fsp3) is 0.500. The van der Waals surface area contributed by atoms with Crippen LogP contribution in [0.4, 0.5) is 10.6 Å². The Morgan fingerprint density at radius 3 is 2.77 bits per heavy atom. The van der Waals surface area contributed by atoms with Crippen LogP contribution in [0.2, 0.25) is 0 Å². The first kappa shape index (κ1) is 18.9. The van der Waals surface area contributed by atoms with Gasteiger partial charge in [-0.25, -0.2) is 9.78 Å². The van der Waals surface area contributed by atoms with Crippen LogP contribution in [-0.4, -0.2) is 44.5 Å². The lowest BCUT2D eigenvalue weighted by Crippen LogP contribution is -2.51. The molecule has 1 saturated heterocycles. The highest BCUT2D eigenvalue weighted by atomic mass is 127. The molecule has 2 aromatic heterocycles. The van der Waals surface area contributed by atoms with Crippen LogP contribution in [0.15, 0.2) is 24.5 Å². The third-order valence-corrected chi connectivity index (χ3v) is 4.74. The molecular formula is C18H23IN4O3. The van der Waals surface area contributed by atoms with Gasteiger partial charge in [0.2, 0.25) is 5.91 Å². The number of pyridine rings is 1. The van der Waals surface area contributed by atoms with Crippen molar-refractivity contribution in [3.8, 4) is 0 Å². The van der Waals surface area contributed by atoms with Crippen molar-refractivity contribution in [1.29, 1.82) is 0 Å². The van der Waals surface area contributed by atoms with Crippen LogP contribution < -0.4 is 5.32 Å². The van der Waals surface area contributed by atoms with E-state index in [2.05, 4.69) is 32.9 Å². The number of likely N-dealkylation sites (tertiary alicyclic amines) is 1. The monoisotopic (exact) mass is 470 g/mol. The third-order valence-electron chi connectivity index (χ3n) is 4.10. The number of imidazole rings is 1. The van der Waals surface area contributed by atoms with E-state index < -0.39 is 17.7 Å². The number of nitrogens with one attached hydrogen (secondary N) is 1. The molecule has 0 saturated carbocycles.